The summed E-state index contributed by atoms with van der Waals surface area (Å²) < 4.78 is 18.6. The van der Waals surface area contributed by atoms with Gasteiger partial charge in [0.15, 0.2) is 0 Å². The molecule has 1 aliphatic rings. The maximum absolute atomic E-state index is 6.19. The Bertz CT molecular complexity index is 241. The predicted octanol–water partition coefficient (Wildman–Crippen LogP) is 3.32. The minimum absolute atomic E-state index is 0.223. The molecule has 2 atom stereocenters. The summed E-state index contributed by atoms with van der Waals surface area (Å²) in [6, 6.07) is 1.03. The van der Waals surface area contributed by atoms with E-state index in [1.54, 1.807) is 0 Å². The van der Waals surface area contributed by atoms with Crippen LogP contribution in [-0.2, 0) is 13.6 Å². The van der Waals surface area contributed by atoms with Gasteiger partial charge in [0.25, 0.3) is 0 Å². The van der Waals surface area contributed by atoms with E-state index in [0.29, 0.717) is 19.8 Å². The first-order chi connectivity index (χ1) is 8.62. The van der Waals surface area contributed by atoms with Crippen LogP contribution in [0.25, 0.3) is 0 Å². The molecular formula is C13H28O3SSi. The van der Waals surface area contributed by atoms with Crippen molar-refractivity contribution in [3.8, 4) is 0 Å². The first-order valence-electron chi connectivity index (χ1n) is 7.22. The average molecular weight is 293 g/mol. The lowest BCUT2D eigenvalue weighted by atomic mass is 10.1. The second-order valence-electron chi connectivity index (χ2n) is 4.70. The van der Waals surface area contributed by atoms with Gasteiger partial charge < -0.3 is 13.6 Å². The highest BCUT2D eigenvalue weighted by Gasteiger charge is 2.62. The van der Waals surface area contributed by atoms with Crippen molar-refractivity contribution < 1.29 is 13.6 Å². The van der Waals surface area contributed by atoms with Crippen LogP contribution in [0, 0.1) is 0 Å². The third kappa shape index (κ3) is 2.80. The molecule has 2 unspecified atom stereocenters. The summed E-state index contributed by atoms with van der Waals surface area (Å²) in [7, 11) is -2.35. The molecule has 0 aromatic carbocycles. The minimum Gasteiger partial charge on any atom is -0.393 e. The van der Waals surface area contributed by atoms with Crippen LogP contribution < -0.4 is 0 Å². The fourth-order valence-corrected chi connectivity index (χ4v) is 8.66. The van der Waals surface area contributed by atoms with E-state index >= 15 is 0 Å². The van der Waals surface area contributed by atoms with Gasteiger partial charge in [0.05, 0.1) is 0 Å². The Morgan fingerprint density at radius 2 is 1.72 bits per heavy atom. The molecule has 0 bridgehead atoms. The lowest BCUT2D eigenvalue weighted by molar-refractivity contribution is -0.0380. The maximum atomic E-state index is 6.19. The van der Waals surface area contributed by atoms with E-state index in [-0.39, 0.29) is 10.5 Å². The van der Waals surface area contributed by atoms with E-state index < -0.39 is 8.56 Å². The average Bonchev–Trinajstić information content (AvgIpc) is 2.35. The molecule has 1 aliphatic heterocycles. The highest BCUT2D eigenvalue weighted by atomic mass is 32.1. The van der Waals surface area contributed by atoms with Crippen molar-refractivity contribution in [3.63, 3.8) is 0 Å². The second kappa shape index (κ2) is 7.29. The Labute approximate surface area is 118 Å². The molecule has 0 aromatic heterocycles. The summed E-state index contributed by atoms with van der Waals surface area (Å²) in [5.74, 6) is 0. The van der Waals surface area contributed by atoms with Gasteiger partial charge >= 0.3 is 8.56 Å². The number of rotatable bonds is 7. The Morgan fingerprint density at radius 3 is 2.17 bits per heavy atom. The van der Waals surface area contributed by atoms with Gasteiger partial charge in [0.1, 0.15) is 5.22 Å². The number of thiol groups is 1. The van der Waals surface area contributed by atoms with Crippen LogP contribution in [0.5, 0.6) is 0 Å². The van der Waals surface area contributed by atoms with E-state index in [4.69, 9.17) is 26.2 Å². The molecule has 0 spiro atoms. The van der Waals surface area contributed by atoms with Crippen molar-refractivity contribution in [2.75, 3.05) is 19.8 Å². The first kappa shape index (κ1) is 16.5. The van der Waals surface area contributed by atoms with E-state index in [2.05, 4.69) is 6.92 Å². The van der Waals surface area contributed by atoms with Crippen LogP contribution in [0.1, 0.15) is 47.0 Å². The fourth-order valence-electron chi connectivity index (χ4n) is 3.19. The van der Waals surface area contributed by atoms with Crippen molar-refractivity contribution >= 4 is 21.2 Å². The van der Waals surface area contributed by atoms with Crippen LogP contribution in [0.3, 0.4) is 0 Å². The summed E-state index contributed by atoms with van der Waals surface area (Å²) in [5.41, 5.74) is 0. The second-order valence-corrected chi connectivity index (χ2v) is 8.76. The monoisotopic (exact) mass is 292 g/mol. The topological polar surface area (TPSA) is 27.7 Å². The molecule has 0 aliphatic carbocycles. The molecule has 1 fully saturated rings. The van der Waals surface area contributed by atoms with Crippen molar-refractivity contribution in [2.24, 2.45) is 0 Å². The predicted molar refractivity (Wildman–Crippen MR) is 80.5 cm³/mol. The molecule has 0 radical (unpaired) electrons. The Kier molecular flexibility index (Phi) is 6.68. The molecule has 1 rings (SSSR count). The number of hydrogen-bond acceptors (Lipinski definition) is 4. The van der Waals surface area contributed by atoms with E-state index in [0.717, 1.165) is 25.3 Å². The Morgan fingerprint density at radius 1 is 1.11 bits per heavy atom. The first-order valence-corrected chi connectivity index (χ1v) is 9.76. The van der Waals surface area contributed by atoms with Gasteiger partial charge in [0, 0.05) is 25.1 Å². The molecule has 0 N–H and O–H groups in total. The zero-order valence-electron chi connectivity index (χ0n) is 12.2. The number of ether oxygens (including phenoxy) is 1. The molecule has 1 heterocycles. The van der Waals surface area contributed by atoms with Crippen molar-refractivity contribution in [1.29, 1.82) is 0 Å². The van der Waals surface area contributed by atoms with Gasteiger partial charge in [-0.1, -0.05) is 13.3 Å². The lowest BCUT2D eigenvalue weighted by Gasteiger charge is -2.52. The highest BCUT2D eigenvalue weighted by molar-refractivity contribution is 7.81. The Hall–Kier alpha value is 0.447. The third-order valence-corrected chi connectivity index (χ3v) is 9.42. The van der Waals surface area contributed by atoms with Crippen LogP contribution in [0.15, 0.2) is 0 Å². The molecule has 0 amide bonds. The summed E-state index contributed by atoms with van der Waals surface area (Å²) in [4.78, 5) is 0. The summed E-state index contributed by atoms with van der Waals surface area (Å²) >= 11 is 4.80. The lowest BCUT2D eigenvalue weighted by Crippen LogP contribution is -2.70. The van der Waals surface area contributed by atoms with Crippen LogP contribution in [-0.4, -0.2) is 38.9 Å². The van der Waals surface area contributed by atoms with Gasteiger partial charge in [-0.25, -0.2) is 0 Å². The third-order valence-electron chi connectivity index (χ3n) is 3.85. The molecular weight excluding hydrogens is 264 g/mol. The SMILES string of the molecule is CCOC1(CC)C(S)CCC[Si]1(OCC)OCC. The zero-order chi connectivity index (χ0) is 13.6. The quantitative estimate of drug-likeness (QED) is 0.576. The standard InChI is InChI=1S/C13H28O3SSi/c1-5-13(14-6-2)12(17)10-9-11-18(13,15-7-3)16-8-4/h12,17H,5-11H2,1-4H3. The van der Waals surface area contributed by atoms with E-state index in [1.165, 1.54) is 0 Å². The molecule has 108 valence electrons. The van der Waals surface area contributed by atoms with Crippen LogP contribution in [0.4, 0.5) is 0 Å². The molecule has 5 heteroatoms. The maximum Gasteiger partial charge on any atom is 0.372 e. The highest BCUT2D eigenvalue weighted by Crippen LogP contribution is 2.45. The summed E-state index contributed by atoms with van der Waals surface area (Å²) in [5, 5.41) is -0.0734. The number of hydrogen-bond donors (Lipinski definition) is 1. The van der Waals surface area contributed by atoms with Gasteiger partial charge in [-0.2, -0.15) is 12.6 Å². The summed E-state index contributed by atoms with van der Waals surface area (Å²) in [6.45, 7) is 10.4. The van der Waals surface area contributed by atoms with E-state index in [9.17, 15) is 0 Å². The van der Waals surface area contributed by atoms with Crippen LogP contribution >= 0.6 is 12.6 Å². The fraction of sp³-hybridized carbons (Fsp3) is 1.00. The smallest absolute Gasteiger partial charge is 0.372 e. The zero-order valence-corrected chi connectivity index (χ0v) is 14.1. The molecule has 0 saturated carbocycles. The molecule has 0 aromatic rings. The van der Waals surface area contributed by atoms with Crippen molar-refractivity contribution in [1.82, 2.24) is 0 Å². The van der Waals surface area contributed by atoms with Gasteiger partial charge in [0.2, 0.25) is 0 Å². The molecule has 3 nitrogen and oxygen atoms in total. The van der Waals surface area contributed by atoms with Crippen LogP contribution in [0.2, 0.25) is 6.04 Å². The molecule has 1 saturated heterocycles. The minimum atomic E-state index is -2.35. The van der Waals surface area contributed by atoms with Gasteiger partial charge in [-0.05, 0) is 39.7 Å². The molecule has 18 heavy (non-hydrogen) atoms. The van der Waals surface area contributed by atoms with Gasteiger partial charge in [-0.15, -0.1) is 0 Å². The normalized spacial score (nSPS) is 31.5. The Balaban J connectivity index is 3.13. The van der Waals surface area contributed by atoms with Crippen molar-refractivity contribution in [3.05, 3.63) is 0 Å². The largest absolute Gasteiger partial charge is 0.393 e. The van der Waals surface area contributed by atoms with E-state index in [1.807, 2.05) is 20.8 Å². The van der Waals surface area contributed by atoms with Gasteiger partial charge in [-0.3, -0.25) is 0 Å². The van der Waals surface area contributed by atoms with Crippen molar-refractivity contribution in [2.45, 2.75) is 63.5 Å². The summed E-state index contributed by atoms with van der Waals surface area (Å²) in [6.07, 6.45) is 3.14.